The molecule has 2 nitrogen and oxygen atoms in total. The second kappa shape index (κ2) is 6.19. The van der Waals surface area contributed by atoms with Crippen LogP contribution in [0.5, 0.6) is 5.75 Å². The topological polar surface area (TPSA) is 26.3 Å². The van der Waals surface area contributed by atoms with Gasteiger partial charge in [-0.1, -0.05) is 44.0 Å². The molecule has 0 fully saturated rings. The minimum Gasteiger partial charge on any atom is -0.486 e. The first-order chi connectivity index (χ1) is 6.81. The monoisotopic (exact) mass is 320 g/mol. The number of alkyl halides is 2. The third-order valence-corrected chi connectivity index (χ3v) is 2.99. The van der Waals surface area contributed by atoms with E-state index in [-0.39, 0.29) is 6.61 Å². The number of ether oxygens (including phenoxy) is 1. The summed E-state index contributed by atoms with van der Waals surface area (Å²) in [6.07, 6.45) is 0.749. The summed E-state index contributed by atoms with van der Waals surface area (Å²) in [5, 5.41) is 1.51. The fraction of sp³-hybridized carbons (Fsp3) is 0.300. The Bertz CT molecular complexity index is 313. The molecule has 0 heterocycles. The molecule has 1 rings (SSSR count). The molecular weight excluding hydrogens is 312 g/mol. The lowest BCUT2D eigenvalue weighted by Gasteiger charge is -2.08. The quantitative estimate of drug-likeness (QED) is 0.615. The largest absolute Gasteiger partial charge is 0.486 e. The molecule has 4 heteroatoms. The van der Waals surface area contributed by atoms with E-state index in [9.17, 15) is 4.79 Å². The number of benzene rings is 1. The molecule has 0 amide bonds. The highest BCUT2D eigenvalue weighted by Gasteiger charge is 2.03. The second-order valence-electron chi connectivity index (χ2n) is 2.69. The smallest absolute Gasteiger partial charge is 0.157 e. The summed E-state index contributed by atoms with van der Waals surface area (Å²) in [4.78, 5) is 10.2. The molecule has 0 aliphatic heterocycles. The first kappa shape index (κ1) is 11.7. The van der Waals surface area contributed by atoms with Gasteiger partial charge in [0.15, 0.2) is 6.29 Å². The third kappa shape index (κ3) is 3.10. The van der Waals surface area contributed by atoms with Gasteiger partial charge in [0.25, 0.3) is 0 Å². The predicted octanol–water partition coefficient (Wildman–Crippen LogP) is 3.05. The molecule has 14 heavy (non-hydrogen) atoms. The van der Waals surface area contributed by atoms with Crippen LogP contribution in [0.25, 0.3) is 0 Å². The van der Waals surface area contributed by atoms with E-state index < -0.39 is 0 Å². The Morgan fingerprint density at radius 3 is 2.64 bits per heavy atom. The molecule has 0 atom stereocenters. The van der Waals surface area contributed by atoms with Gasteiger partial charge in [0.1, 0.15) is 12.4 Å². The lowest BCUT2D eigenvalue weighted by atomic mass is 10.1. The van der Waals surface area contributed by atoms with Crippen LogP contribution in [-0.4, -0.2) is 12.9 Å². The van der Waals surface area contributed by atoms with Crippen molar-refractivity contribution in [2.24, 2.45) is 0 Å². The van der Waals surface area contributed by atoms with Gasteiger partial charge in [-0.3, -0.25) is 4.79 Å². The number of hydrogen-bond donors (Lipinski definition) is 0. The Kier molecular flexibility index (Phi) is 5.19. The molecule has 0 unspecified atom stereocenters. The number of aldehydes is 1. The summed E-state index contributed by atoms with van der Waals surface area (Å²) in [7, 11) is 0. The first-order valence-corrected chi connectivity index (χ1v) is 6.36. The number of hydrogen-bond acceptors (Lipinski definition) is 2. The number of carbonyl (C=O) groups is 1. The van der Waals surface area contributed by atoms with Gasteiger partial charge in [0.05, 0.1) is 0 Å². The van der Waals surface area contributed by atoms with Crippen molar-refractivity contribution in [3.63, 3.8) is 0 Å². The van der Waals surface area contributed by atoms with Gasteiger partial charge < -0.3 is 4.74 Å². The van der Waals surface area contributed by atoms with E-state index in [1.165, 1.54) is 0 Å². The summed E-state index contributed by atoms with van der Waals surface area (Å²) >= 11 is 6.74. The fourth-order valence-electron chi connectivity index (χ4n) is 1.05. The van der Waals surface area contributed by atoms with Crippen molar-refractivity contribution < 1.29 is 9.53 Å². The molecule has 1 aromatic rings. The Morgan fingerprint density at radius 2 is 2.07 bits per heavy atom. The Balaban J connectivity index is 2.89. The lowest BCUT2D eigenvalue weighted by molar-refractivity contribution is -0.109. The van der Waals surface area contributed by atoms with Gasteiger partial charge in [-0.05, 0) is 11.6 Å². The minimum absolute atomic E-state index is 0.103. The second-order valence-corrected chi connectivity index (χ2v) is 3.81. The molecule has 76 valence electrons. The van der Waals surface area contributed by atoms with E-state index in [1.807, 2.05) is 18.2 Å². The zero-order valence-corrected chi connectivity index (χ0v) is 10.7. The standard InChI is InChI=1S/C10H10Br2O2/c11-6-8-1-2-9(7-12)10(5-8)14-4-3-13/h1-3,5H,4,6-7H2. The molecule has 0 saturated carbocycles. The first-order valence-electron chi connectivity index (χ1n) is 4.12. The van der Waals surface area contributed by atoms with Crippen LogP contribution in [0.15, 0.2) is 18.2 Å². The lowest BCUT2D eigenvalue weighted by Crippen LogP contribution is -2.00. The van der Waals surface area contributed by atoms with Crippen LogP contribution < -0.4 is 4.74 Å². The third-order valence-electron chi connectivity index (χ3n) is 1.74. The number of halogens is 2. The van der Waals surface area contributed by atoms with Crippen LogP contribution in [0, 0.1) is 0 Å². The maximum atomic E-state index is 10.2. The van der Waals surface area contributed by atoms with Crippen LogP contribution in [-0.2, 0) is 15.5 Å². The van der Waals surface area contributed by atoms with E-state index in [4.69, 9.17) is 4.74 Å². The average molecular weight is 322 g/mol. The number of carbonyl (C=O) groups excluding carboxylic acids is 1. The van der Waals surface area contributed by atoms with Crippen molar-refractivity contribution in [2.75, 3.05) is 6.61 Å². The van der Waals surface area contributed by atoms with E-state index in [0.29, 0.717) is 0 Å². The molecule has 0 radical (unpaired) electrons. The summed E-state index contributed by atoms with van der Waals surface area (Å²) in [5.41, 5.74) is 2.19. The van der Waals surface area contributed by atoms with Gasteiger partial charge in [-0.2, -0.15) is 0 Å². The van der Waals surface area contributed by atoms with Crippen LogP contribution in [0.3, 0.4) is 0 Å². The zero-order valence-electron chi connectivity index (χ0n) is 7.50. The molecular formula is C10H10Br2O2. The van der Waals surface area contributed by atoms with Gasteiger partial charge in [-0.15, -0.1) is 0 Å². The van der Waals surface area contributed by atoms with Crippen molar-refractivity contribution in [1.29, 1.82) is 0 Å². The summed E-state index contributed by atoms with van der Waals surface area (Å²) in [5.74, 6) is 0.769. The molecule has 0 spiro atoms. The highest BCUT2D eigenvalue weighted by atomic mass is 79.9. The molecule has 0 aliphatic rings. The van der Waals surface area contributed by atoms with Crippen LogP contribution >= 0.6 is 31.9 Å². The maximum Gasteiger partial charge on any atom is 0.157 e. The van der Waals surface area contributed by atoms with Crippen molar-refractivity contribution in [3.8, 4) is 5.75 Å². The van der Waals surface area contributed by atoms with Gasteiger partial charge >= 0.3 is 0 Å². The number of rotatable bonds is 5. The Labute approximate surface area is 99.9 Å². The average Bonchev–Trinajstić information content (AvgIpc) is 2.25. The van der Waals surface area contributed by atoms with Crippen molar-refractivity contribution in [3.05, 3.63) is 29.3 Å². The van der Waals surface area contributed by atoms with E-state index >= 15 is 0 Å². The van der Waals surface area contributed by atoms with Crippen molar-refractivity contribution in [1.82, 2.24) is 0 Å². The van der Waals surface area contributed by atoms with Crippen LogP contribution in [0.1, 0.15) is 11.1 Å². The van der Waals surface area contributed by atoms with Gasteiger partial charge in [0, 0.05) is 16.2 Å². The molecule has 0 saturated heterocycles. The van der Waals surface area contributed by atoms with Crippen LogP contribution in [0.4, 0.5) is 0 Å². The van der Waals surface area contributed by atoms with E-state index in [0.717, 1.165) is 33.8 Å². The minimum atomic E-state index is 0.103. The molecule has 0 N–H and O–H groups in total. The van der Waals surface area contributed by atoms with Crippen molar-refractivity contribution >= 4 is 38.1 Å². The van der Waals surface area contributed by atoms with E-state index in [2.05, 4.69) is 31.9 Å². The Morgan fingerprint density at radius 1 is 1.29 bits per heavy atom. The SMILES string of the molecule is O=CCOc1cc(CBr)ccc1CBr. The fourth-order valence-corrected chi connectivity index (χ4v) is 1.86. The summed E-state index contributed by atoms with van der Waals surface area (Å²) < 4.78 is 5.30. The summed E-state index contributed by atoms with van der Waals surface area (Å²) in [6.45, 7) is 0.103. The molecule has 0 aliphatic carbocycles. The van der Waals surface area contributed by atoms with Gasteiger partial charge in [0.2, 0.25) is 0 Å². The maximum absolute atomic E-state index is 10.2. The Hall–Kier alpha value is -0.350. The van der Waals surface area contributed by atoms with E-state index in [1.54, 1.807) is 0 Å². The van der Waals surface area contributed by atoms with Crippen molar-refractivity contribution in [2.45, 2.75) is 10.7 Å². The summed E-state index contributed by atoms with van der Waals surface area (Å²) in [6, 6.07) is 5.96. The normalized spacial score (nSPS) is 9.86. The molecule has 0 bridgehead atoms. The van der Waals surface area contributed by atoms with Gasteiger partial charge in [-0.25, -0.2) is 0 Å². The highest BCUT2D eigenvalue weighted by Crippen LogP contribution is 2.23. The van der Waals surface area contributed by atoms with Crippen LogP contribution in [0.2, 0.25) is 0 Å². The molecule has 0 aromatic heterocycles. The predicted molar refractivity (Wildman–Crippen MR) is 63.3 cm³/mol. The highest BCUT2D eigenvalue weighted by molar-refractivity contribution is 9.08. The molecule has 1 aromatic carbocycles. The zero-order chi connectivity index (χ0) is 10.4.